The maximum Gasteiger partial charge on any atom is 0.418 e. The van der Waals surface area contributed by atoms with E-state index in [2.05, 4.69) is 9.97 Å². The first-order chi connectivity index (χ1) is 10.9. The molecule has 0 bridgehead atoms. The third-order valence-corrected chi connectivity index (χ3v) is 3.19. The van der Waals surface area contributed by atoms with Crippen molar-refractivity contribution in [1.82, 2.24) is 9.97 Å². The number of nitrogens with zero attached hydrogens (tertiary/aromatic N) is 1. The van der Waals surface area contributed by atoms with Crippen LogP contribution in [0.2, 0.25) is 0 Å². The predicted molar refractivity (Wildman–Crippen MR) is 75.4 cm³/mol. The summed E-state index contributed by atoms with van der Waals surface area (Å²) in [5.41, 5.74) is -1.77. The number of H-pyrrole nitrogens is 1. The number of aromatic amines is 1. The van der Waals surface area contributed by atoms with Crippen LogP contribution in [0.25, 0.3) is 11.0 Å². The third-order valence-electron chi connectivity index (χ3n) is 3.19. The third kappa shape index (κ3) is 2.87. The molecule has 2 N–H and O–H groups in total. The Morgan fingerprint density at radius 3 is 2.65 bits per heavy atom. The fourth-order valence-corrected chi connectivity index (χ4v) is 2.15. The highest BCUT2D eigenvalue weighted by Crippen LogP contribution is 2.36. The van der Waals surface area contributed by atoms with Crippen molar-refractivity contribution >= 4 is 22.6 Å². The number of benzene rings is 1. The molecule has 118 valence electrons. The Kier molecular flexibility index (Phi) is 3.51. The van der Waals surface area contributed by atoms with Gasteiger partial charge in [0.2, 0.25) is 0 Å². The molecule has 0 spiro atoms. The van der Waals surface area contributed by atoms with Crippen molar-refractivity contribution in [1.29, 1.82) is 0 Å². The summed E-state index contributed by atoms with van der Waals surface area (Å²) in [4.78, 5) is 18.8. The standard InChI is InChI=1S/C15H9F4N3O/c16-10-5-1-4-9(15(17,18)19)12(10)22-14(23)11-7-8-3-2-6-20-13(8)21-11/h1-7H,(H,20,21)(H,22,23). The monoisotopic (exact) mass is 323 g/mol. The van der Waals surface area contributed by atoms with Gasteiger partial charge in [-0.25, -0.2) is 9.37 Å². The lowest BCUT2D eigenvalue weighted by Crippen LogP contribution is -2.18. The maximum atomic E-state index is 13.7. The Bertz CT molecular complexity index is 853. The van der Waals surface area contributed by atoms with Crippen molar-refractivity contribution in [2.75, 3.05) is 5.32 Å². The molecule has 2 aromatic heterocycles. The molecule has 8 heteroatoms. The molecule has 0 unspecified atom stereocenters. The highest BCUT2D eigenvalue weighted by Gasteiger charge is 2.35. The molecule has 1 aromatic carbocycles. The molecule has 0 saturated carbocycles. The number of nitrogens with one attached hydrogen (secondary N) is 2. The molecule has 0 fully saturated rings. The summed E-state index contributed by atoms with van der Waals surface area (Å²) in [6, 6.07) is 7.23. The van der Waals surface area contributed by atoms with Crippen LogP contribution >= 0.6 is 0 Å². The number of anilines is 1. The molecule has 0 atom stereocenters. The van der Waals surface area contributed by atoms with Crippen LogP contribution in [0.1, 0.15) is 16.1 Å². The Morgan fingerprint density at radius 2 is 1.96 bits per heavy atom. The molecule has 0 aliphatic heterocycles. The highest BCUT2D eigenvalue weighted by molar-refractivity contribution is 6.06. The lowest BCUT2D eigenvalue weighted by atomic mass is 10.1. The quantitative estimate of drug-likeness (QED) is 0.701. The number of carbonyl (C=O) groups is 1. The van der Waals surface area contributed by atoms with Crippen LogP contribution in [0, 0.1) is 5.82 Å². The summed E-state index contributed by atoms with van der Waals surface area (Å²) in [6.45, 7) is 0. The second-order valence-electron chi connectivity index (χ2n) is 4.74. The van der Waals surface area contributed by atoms with E-state index < -0.39 is 29.2 Å². The van der Waals surface area contributed by atoms with Gasteiger partial charge in [0.25, 0.3) is 5.91 Å². The van der Waals surface area contributed by atoms with Crippen molar-refractivity contribution in [2.45, 2.75) is 6.18 Å². The first-order valence-corrected chi connectivity index (χ1v) is 6.47. The molecule has 1 amide bonds. The average molecular weight is 323 g/mol. The van der Waals surface area contributed by atoms with Crippen molar-refractivity contribution in [3.63, 3.8) is 0 Å². The van der Waals surface area contributed by atoms with Gasteiger partial charge in [-0.05, 0) is 30.3 Å². The van der Waals surface area contributed by atoms with Crippen LogP contribution in [-0.2, 0) is 6.18 Å². The Morgan fingerprint density at radius 1 is 1.17 bits per heavy atom. The lowest BCUT2D eigenvalue weighted by molar-refractivity contribution is -0.137. The molecule has 3 aromatic rings. The Labute approximate surface area is 127 Å². The Hall–Kier alpha value is -2.90. The minimum atomic E-state index is -4.79. The largest absolute Gasteiger partial charge is 0.418 e. The summed E-state index contributed by atoms with van der Waals surface area (Å²) < 4.78 is 52.5. The zero-order valence-corrected chi connectivity index (χ0v) is 11.4. The van der Waals surface area contributed by atoms with Gasteiger partial charge in [0.15, 0.2) is 0 Å². The fraction of sp³-hybridized carbons (Fsp3) is 0.0667. The second kappa shape index (κ2) is 5.38. The number of amides is 1. The molecule has 3 rings (SSSR count). The Balaban J connectivity index is 1.97. The van der Waals surface area contributed by atoms with Crippen LogP contribution in [0.15, 0.2) is 42.6 Å². The summed E-state index contributed by atoms with van der Waals surface area (Å²) in [5.74, 6) is -2.05. The molecular formula is C15H9F4N3O. The maximum absolute atomic E-state index is 13.7. The molecule has 23 heavy (non-hydrogen) atoms. The van der Waals surface area contributed by atoms with E-state index >= 15 is 0 Å². The molecule has 4 nitrogen and oxygen atoms in total. The highest BCUT2D eigenvalue weighted by atomic mass is 19.4. The summed E-state index contributed by atoms with van der Waals surface area (Å²) in [6.07, 6.45) is -3.29. The molecule has 0 aliphatic rings. The van der Waals surface area contributed by atoms with Crippen molar-refractivity contribution < 1.29 is 22.4 Å². The summed E-state index contributed by atoms with van der Waals surface area (Å²) in [5, 5.41) is 2.58. The van der Waals surface area contributed by atoms with Gasteiger partial charge in [-0.1, -0.05) is 6.07 Å². The predicted octanol–water partition coefficient (Wildman–Crippen LogP) is 3.97. The average Bonchev–Trinajstić information content (AvgIpc) is 2.92. The van der Waals surface area contributed by atoms with E-state index in [-0.39, 0.29) is 5.69 Å². The van der Waals surface area contributed by atoms with Gasteiger partial charge >= 0.3 is 6.18 Å². The summed E-state index contributed by atoms with van der Waals surface area (Å²) >= 11 is 0. The van der Waals surface area contributed by atoms with Gasteiger partial charge in [-0.3, -0.25) is 4.79 Å². The fourth-order valence-electron chi connectivity index (χ4n) is 2.15. The van der Waals surface area contributed by atoms with E-state index in [0.717, 1.165) is 12.1 Å². The van der Waals surface area contributed by atoms with Crippen molar-refractivity contribution in [3.8, 4) is 0 Å². The smallest absolute Gasteiger partial charge is 0.335 e. The van der Waals surface area contributed by atoms with Crippen LogP contribution in [-0.4, -0.2) is 15.9 Å². The second-order valence-corrected chi connectivity index (χ2v) is 4.74. The van der Waals surface area contributed by atoms with E-state index in [1.54, 1.807) is 12.1 Å². The lowest BCUT2D eigenvalue weighted by Gasteiger charge is -2.14. The molecule has 2 heterocycles. The van der Waals surface area contributed by atoms with E-state index in [4.69, 9.17) is 0 Å². The van der Waals surface area contributed by atoms with Gasteiger partial charge in [-0.15, -0.1) is 0 Å². The number of rotatable bonds is 2. The number of para-hydroxylation sites is 1. The summed E-state index contributed by atoms with van der Waals surface area (Å²) in [7, 11) is 0. The SMILES string of the molecule is O=C(Nc1c(F)cccc1C(F)(F)F)c1cc2cccnc2[nH]1. The molecule has 0 saturated heterocycles. The van der Waals surface area contributed by atoms with E-state index in [1.807, 2.05) is 5.32 Å². The van der Waals surface area contributed by atoms with Crippen LogP contribution < -0.4 is 5.32 Å². The van der Waals surface area contributed by atoms with Crippen LogP contribution in [0.4, 0.5) is 23.2 Å². The van der Waals surface area contributed by atoms with Crippen LogP contribution in [0.5, 0.6) is 0 Å². The molecule has 0 radical (unpaired) electrons. The van der Waals surface area contributed by atoms with E-state index in [9.17, 15) is 22.4 Å². The number of halogens is 4. The number of pyridine rings is 1. The van der Waals surface area contributed by atoms with E-state index in [1.165, 1.54) is 12.3 Å². The van der Waals surface area contributed by atoms with E-state index in [0.29, 0.717) is 17.1 Å². The van der Waals surface area contributed by atoms with Gasteiger partial charge in [0, 0.05) is 11.6 Å². The van der Waals surface area contributed by atoms with Crippen LogP contribution in [0.3, 0.4) is 0 Å². The minimum absolute atomic E-state index is 0.0184. The van der Waals surface area contributed by atoms with Gasteiger partial charge in [0.05, 0.1) is 11.3 Å². The normalized spacial score (nSPS) is 11.7. The van der Waals surface area contributed by atoms with Gasteiger partial charge < -0.3 is 10.3 Å². The topological polar surface area (TPSA) is 57.8 Å². The first-order valence-electron chi connectivity index (χ1n) is 6.47. The first kappa shape index (κ1) is 15.0. The number of hydrogen-bond acceptors (Lipinski definition) is 2. The molecular weight excluding hydrogens is 314 g/mol. The van der Waals surface area contributed by atoms with Crippen molar-refractivity contribution in [3.05, 3.63) is 59.7 Å². The van der Waals surface area contributed by atoms with Gasteiger partial charge in [-0.2, -0.15) is 13.2 Å². The number of hydrogen-bond donors (Lipinski definition) is 2. The molecule has 0 aliphatic carbocycles. The zero-order valence-electron chi connectivity index (χ0n) is 11.4. The number of aromatic nitrogens is 2. The minimum Gasteiger partial charge on any atom is -0.335 e. The number of alkyl halides is 3. The van der Waals surface area contributed by atoms with Crippen molar-refractivity contribution in [2.24, 2.45) is 0 Å². The zero-order chi connectivity index (χ0) is 16.6. The van der Waals surface area contributed by atoms with Gasteiger partial charge in [0.1, 0.15) is 17.2 Å². The number of carbonyl (C=O) groups excluding carboxylic acids is 1. The number of fused-ring (bicyclic) bond motifs is 1.